The van der Waals surface area contributed by atoms with E-state index in [1.165, 1.54) is 11.1 Å². The summed E-state index contributed by atoms with van der Waals surface area (Å²) in [5, 5.41) is 0. The summed E-state index contributed by atoms with van der Waals surface area (Å²) in [5.41, 5.74) is 2.09. The van der Waals surface area contributed by atoms with Gasteiger partial charge in [-0.1, -0.05) is 64.8 Å². The number of rotatable bonds is 6. The van der Waals surface area contributed by atoms with Crippen LogP contribution in [-0.4, -0.2) is 41.2 Å². The number of benzene rings is 1. The molecule has 0 aromatic heterocycles. The average molecular weight is 359 g/mol. The molecule has 0 fully saturated rings. The summed E-state index contributed by atoms with van der Waals surface area (Å²) in [4.78, 5) is 29.5. The summed E-state index contributed by atoms with van der Waals surface area (Å²) in [6, 6.07) is 8.41. The van der Waals surface area contributed by atoms with Gasteiger partial charge in [0, 0.05) is 18.5 Å². The van der Waals surface area contributed by atoms with E-state index in [-0.39, 0.29) is 24.4 Å². The zero-order chi connectivity index (χ0) is 19.3. The van der Waals surface area contributed by atoms with Crippen molar-refractivity contribution < 1.29 is 9.59 Å². The van der Waals surface area contributed by atoms with Crippen LogP contribution in [0.4, 0.5) is 0 Å². The highest BCUT2D eigenvalue weighted by atomic mass is 16.2. The van der Waals surface area contributed by atoms with E-state index < -0.39 is 5.41 Å². The van der Waals surface area contributed by atoms with E-state index in [0.717, 1.165) is 32.2 Å². The fourth-order valence-electron chi connectivity index (χ4n) is 3.65. The maximum atomic E-state index is 13.0. The van der Waals surface area contributed by atoms with Gasteiger partial charge in [-0.2, -0.15) is 0 Å². The van der Waals surface area contributed by atoms with Crippen molar-refractivity contribution in [1.29, 1.82) is 0 Å². The smallest absolute Gasteiger partial charge is 0.242 e. The van der Waals surface area contributed by atoms with Crippen LogP contribution in [0.3, 0.4) is 0 Å². The lowest BCUT2D eigenvalue weighted by Crippen LogP contribution is -2.48. The van der Waals surface area contributed by atoms with Crippen LogP contribution in [0.1, 0.15) is 71.0 Å². The minimum Gasteiger partial charge on any atom is -0.334 e. The lowest BCUT2D eigenvalue weighted by Gasteiger charge is -2.37. The number of hydrogen-bond donors (Lipinski definition) is 0. The number of amides is 2. The molecule has 0 N–H and O–H groups in total. The number of fused-ring (bicyclic) bond motifs is 1. The third-order valence-electron chi connectivity index (χ3n) is 5.20. The molecule has 144 valence electrons. The highest BCUT2D eigenvalue weighted by Gasteiger charge is 2.32. The molecule has 0 saturated heterocycles. The van der Waals surface area contributed by atoms with Gasteiger partial charge >= 0.3 is 0 Å². The monoisotopic (exact) mass is 358 g/mol. The number of unbranched alkanes of at least 4 members (excludes halogenated alkanes) is 2. The molecule has 1 heterocycles. The van der Waals surface area contributed by atoms with Crippen LogP contribution in [0.2, 0.25) is 0 Å². The average Bonchev–Trinajstić information content (AvgIpc) is 2.60. The zero-order valence-electron chi connectivity index (χ0n) is 17.0. The molecule has 1 aromatic rings. The normalized spacial score (nSPS) is 17.0. The van der Waals surface area contributed by atoms with Crippen molar-refractivity contribution in [3.63, 3.8) is 0 Å². The van der Waals surface area contributed by atoms with Gasteiger partial charge in [0.05, 0.1) is 12.6 Å². The van der Waals surface area contributed by atoms with Crippen molar-refractivity contribution in [1.82, 2.24) is 9.80 Å². The van der Waals surface area contributed by atoms with E-state index in [4.69, 9.17) is 0 Å². The SMILES string of the molecule is CCCCCN(CC(=O)N1CCc2ccccc2C1C)C(=O)C(C)(C)C. The Hall–Kier alpha value is -1.84. The molecular weight excluding hydrogens is 324 g/mol. The Morgan fingerprint density at radius 2 is 1.88 bits per heavy atom. The zero-order valence-corrected chi connectivity index (χ0v) is 17.0. The van der Waals surface area contributed by atoms with Crippen molar-refractivity contribution >= 4 is 11.8 Å². The minimum atomic E-state index is -0.466. The van der Waals surface area contributed by atoms with Gasteiger partial charge in [-0.05, 0) is 30.9 Å². The highest BCUT2D eigenvalue weighted by molar-refractivity contribution is 5.87. The molecule has 1 aromatic carbocycles. The van der Waals surface area contributed by atoms with Gasteiger partial charge in [-0.3, -0.25) is 9.59 Å². The molecule has 1 unspecified atom stereocenters. The second-order valence-corrected chi connectivity index (χ2v) is 8.40. The van der Waals surface area contributed by atoms with Gasteiger partial charge in [-0.15, -0.1) is 0 Å². The van der Waals surface area contributed by atoms with Crippen molar-refractivity contribution in [2.45, 2.75) is 66.3 Å². The first kappa shape index (κ1) is 20.5. The predicted molar refractivity (Wildman–Crippen MR) is 106 cm³/mol. The predicted octanol–water partition coefficient (Wildman–Crippen LogP) is 4.20. The van der Waals surface area contributed by atoms with Crippen LogP contribution in [0, 0.1) is 5.41 Å². The quantitative estimate of drug-likeness (QED) is 0.715. The van der Waals surface area contributed by atoms with Gasteiger partial charge in [-0.25, -0.2) is 0 Å². The second kappa shape index (κ2) is 8.70. The fraction of sp³-hybridized carbons (Fsp3) is 0.636. The van der Waals surface area contributed by atoms with Crippen LogP contribution in [0.25, 0.3) is 0 Å². The van der Waals surface area contributed by atoms with Gasteiger partial charge in [0.15, 0.2) is 0 Å². The van der Waals surface area contributed by atoms with Crippen LogP contribution in [-0.2, 0) is 16.0 Å². The second-order valence-electron chi connectivity index (χ2n) is 8.40. The molecule has 0 aliphatic carbocycles. The molecule has 0 bridgehead atoms. The van der Waals surface area contributed by atoms with E-state index in [0.29, 0.717) is 6.54 Å². The fourth-order valence-corrected chi connectivity index (χ4v) is 3.65. The third-order valence-corrected chi connectivity index (χ3v) is 5.20. The first-order chi connectivity index (χ1) is 12.3. The molecule has 4 nitrogen and oxygen atoms in total. The van der Waals surface area contributed by atoms with E-state index in [1.807, 2.05) is 31.7 Å². The largest absolute Gasteiger partial charge is 0.334 e. The number of carbonyl (C=O) groups is 2. The van der Waals surface area contributed by atoms with E-state index in [2.05, 4.69) is 32.0 Å². The van der Waals surface area contributed by atoms with Gasteiger partial charge in [0.25, 0.3) is 0 Å². The van der Waals surface area contributed by atoms with Gasteiger partial charge in [0.1, 0.15) is 0 Å². The van der Waals surface area contributed by atoms with E-state index >= 15 is 0 Å². The molecule has 0 spiro atoms. The summed E-state index contributed by atoms with van der Waals surface area (Å²) in [6.07, 6.45) is 4.01. The first-order valence-corrected chi connectivity index (χ1v) is 9.92. The Bertz CT molecular complexity index is 633. The topological polar surface area (TPSA) is 40.6 Å². The molecule has 26 heavy (non-hydrogen) atoms. The third kappa shape index (κ3) is 4.87. The lowest BCUT2D eigenvalue weighted by atomic mass is 9.93. The summed E-state index contributed by atoms with van der Waals surface area (Å²) in [7, 11) is 0. The summed E-state index contributed by atoms with van der Waals surface area (Å²) < 4.78 is 0. The van der Waals surface area contributed by atoms with Crippen molar-refractivity contribution in [2.75, 3.05) is 19.6 Å². The Morgan fingerprint density at radius 3 is 2.54 bits per heavy atom. The molecule has 1 atom stereocenters. The molecule has 1 aliphatic heterocycles. The number of nitrogens with zero attached hydrogens (tertiary/aromatic N) is 2. The molecule has 0 saturated carbocycles. The van der Waals surface area contributed by atoms with Crippen molar-refractivity contribution in [2.24, 2.45) is 5.41 Å². The van der Waals surface area contributed by atoms with Crippen molar-refractivity contribution in [3.8, 4) is 0 Å². The highest BCUT2D eigenvalue weighted by Crippen LogP contribution is 2.29. The van der Waals surface area contributed by atoms with Crippen LogP contribution in [0.5, 0.6) is 0 Å². The van der Waals surface area contributed by atoms with Crippen molar-refractivity contribution in [3.05, 3.63) is 35.4 Å². The number of hydrogen-bond acceptors (Lipinski definition) is 2. The summed E-state index contributed by atoms with van der Waals surface area (Å²) in [5.74, 6) is 0.119. The minimum absolute atomic E-state index is 0.0566. The molecule has 0 radical (unpaired) electrons. The molecule has 2 rings (SSSR count). The number of carbonyl (C=O) groups excluding carboxylic acids is 2. The Morgan fingerprint density at radius 1 is 1.19 bits per heavy atom. The Kier molecular flexibility index (Phi) is 6.85. The molecule has 4 heteroatoms. The Labute approximate surface area is 158 Å². The van der Waals surface area contributed by atoms with Crippen LogP contribution < -0.4 is 0 Å². The Balaban J connectivity index is 2.10. The van der Waals surface area contributed by atoms with E-state index in [1.54, 1.807) is 4.90 Å². The summed E-state index contributed by atoms with van der Waals surface area (Å²) >= 11 is 0. The first-order valence-electron chi connectivity index (χ1n) is 9.92. The lowest BCUT2D eigenvalue weighted by molar-refractivity contribution is -0.146. The standard InChI is InChI=1S/C22H34N2O2/c1-6-7-10-14-23(21(26)22(3,4)5)16-20(25)24-15-13-18-11-8-9-12-19(18)17(24)2/h8-9,11-12,17H,6-7,10,13-16H2,1-5H3. The van der Waals surface area contributed by atoms with Gasteiger partial charge in [0.2, 0.25) is 11.8 Å². The van der Waals surface area contributed by atoms with Gasteiger partial charge < -0.3 is 9.80 Å². The molecule has 1 aliphatic rings. The molecule has 2 amide bonds. The van der Waals surface area contributed by atoms with Crippen LogP contribution >= 0.6 is 0 Å². The maximum absolute atomic E-state index is 13.0. The summed E-state index contributed by atoms with van der Waals surface area (Å²) in [6.45, 7) is 11.6. The van der Waals surface area contributed by atoms with Crippen LogP contribution in [0.15, 0.2) is 24.3 Å². The molecular formula is C22H34N2O2. The van der Waals surface area contributed by atoms with E-state index in [9.17, 15) is 9.59 Å². The maximum Gasteiger partial charge on any atom is 0.242 e.